The Kier molecular flexibility index (Phi) is 8.00. The summed E-state index contributed by atoms with van der Waals surface area (Å²) in [6.07, 6.45) is 0.764. The number of halogens is 1. The number of fused-ring (bicyclic) bond motifs is 2. The Bertz CT molecular complexity index is 1610. The number of ether oxygens (including phenoxy) is 1. The van der Waals surface area contributed by atoms with Gasteiger partial charge in [0.1, 0.15) is 17.1 Å². The molecule has 0 spiro atoms. The van der Waals surface area contributed by atoms with Crippen molar-refractivity contribution in [3.05, 3.63) is 53.8 Å². The number of piperazine rings is 1. The molecule has 3 aromatic carbocycles. The van der Waals surface area contributed by atoms with Gasteiger partial charge in [-0.25, -0.2) is 4.39 Å². The van der Waals surface area contributed by atoms with Gasteiger partial charge in [0, 0.05) is 55.2 Å². The lowest BCUT2D eigenvalue weighted by molar-refractivity contribution is -0.131. The molecule has 216 valence electrons. The molecule has 0 saturated carbocycles. The molecule has 0 unspecified atom stereocenters. The fraction of sp³-hybridized carbons (Fsp3) is 0.406. The Morgan fingerprint density at radius 3 is 2.56 bits per heavy atom. The number of benzene rings is 3. The van der Waals surface area contributed by atoms with Crippen molar-refractivity contribution >= 4 is 33.4 Å². The summed E-state index contributed by atoms with van der Waals surface area (Å²) in [6, 6.07) is 12.9. The zero-order valence-corrected chi connectivity index (χ0v) is 24.6. The van der Waals surface area contributed by atoms with E-state index < -0.39 is 5.82 Å². The Hall–Kier alpha value is -3.98. The number of aryl methyl sites for hydroxylation is 1. The minimum absolute atomic E-state index is 0.00212. The van der Waals surface area contributed by atoms with Crippen molar-refractivity contribution in [3.63, 3.8) is 0 Å². The van der Waals surface area contributed by atoms with E-state index in [1.165, 1.54) is 0 Å². The Labute approximate surface area is 240 Å². The molecule has 1 aliphatic rings. The average Bonchev–Trinajstić information content (AvgIpc) is 2.93. The number of anilines is 1. The molecule has 0 radical (unpaired) electrons. The number of carbonyl (C=O) groups is 1. The topological polar surface area (TPSA) is 82.0 Å². The molecule has 1 amide bonds. The van der Waals surface area contributed by atoms with Gasteiger partial charge in [0.15, 0.2) is 5.82 Å². The lowest BCUT2D eigenvalue weighted by Gasteiger charge is -2.44. The van der Waals surface area contributed by atoms with Gasteiger partial charge in [-0.15, -0.1) is 0 Å². The summed E-state index contributed by atoms with van der Waals surface area (Å²) in [4.78, 5) is 27.7. The first-order chi connectivity index (χ1) is 19.6. The van der Waals surface area contributed by atoms with Crippen LogP contribution < -0.4 is 9.64 Å². The summed E-state index contributed by atoms with van der Waals surface area (Å²) in [5.41, 5.74) is 1.54. The van der Waals surface area contributed by atoms with Crippen molar-refractivity contribution in [3.8, 4) is 22.9 Å². The van der Waals surface area contributed by atoms with Crippen LogP contribution in [0.5, 0.6) is 11.8 Å². The van der Waals surface area contributed by atoms with Crippen molar-refractivity contribution in [1.29, 1.82) is 0 Å². The molecule has 0 aliphatic carbocycles. The number of carbonyl (C=O) groups excluding carboxylic acids is 1. The highest BCUT2D eigenvalue weighted by molar-refractivity contribution is 6.03. The van der Waals surface area contributed by atoms with Crippen LogP contribution in [-0.4, -0.2) is 83.2 Å². The highest BCUT2D eigenvalue weighted by atomic mass is 19.1. The first kappa shape index (κ1) is 28.5. The van der Waals surface area contributed by atoms with E-state index in [2.05, 4.69) is 14.8 Å². The Morgan fingerprint density at radius 2 is 1.83 bits per heavy atom. The van der Waals surface area contributed by atoms with Crippen molar-refractivity contribution in [2.24, 2.45) is 0 Å². The van der Waals surface area contributed by atoms with E-state index in [1.807, 2.05) is 76.2 Å². The second kappa shape index (κ2) is 11.5. The summed E-state index contributed by atoms with van der Waals surface area (Å²) in [5, 5.41) is 13.2. The smallest absolute Gasteiger partial charge is 0.319 e. The van der Waals surface area contributed by atoms with Crippen LogP contribution in [0.25, 0.3) is 32.8 Å². The molecule has 1 saturated heterocycles. The number of hydrogen-bond donors (Lipinski definition) is 1. The third-order valence-corrected chi connectivity index (χ3v) is 7.89. The molecule has 1 fully saturated rings. The van der Waals surface area contributed by atoms with Gasteiger partial charge in [-0.1, -0.05) is 30.3 Å². The molecule has 1 aromatic heterocycles. The maximum absolute atomic E-state index is 16.8. The maximum atomic E-state index is 16.8. The van der Waals surface area contributed by atoms with Gasteiger partial charge in [-0.2, -0.15) is 9.97 Å². The van der Waals surface area contributed by atoms with Crippen LogP contribution in [0.15, 0.2) is 42.5 Å². The molecule has 5 rings (SSSR count). The molecule has 1 aliphatic heterocycles. The predicted octanol–water partition coefficient (Wildman–Crippen LogP) is 5.38. The van der Waals surface area contributed by atoms with Crippen LogP contribution in [0.1, 0.15) is 32.8 Å². The van der Waals surface area contributed by atoms with E-state index in [4.69, 9.17) is 9.72 Å². The van der Waals surface area contributed by atoms with E-state index in [9.17, 15) is 9.90 Å². The van der Waals surface area contributed by atoms with Crippen LogP contribution in [-0.2, 0) is 4.79 Å². The fourth-order valence-corrected chi connectivity index (χ4v) is 5.84. The summed E-state index contributed by atoms with van der Waals surface area (Å²) in [6.45, 7) is 9.77. The van der Waals surface area contributed by atoms with Crippen molar-refractivity contribution in [2.75, 3.05) is 45.2 Å². The number of hydrogen-bond acceptors (Lipinski definition) is 7. The summed E-state index contributed by atoms with van der Waals surface area (Å²) >= 11 is 0. The molecule has 0 bridgehead atoms. The Balaban J connectivity index is 1.69. The number of nitrogens with zero attached hydrogens (tertiary/aromatic N) is 5. The second-order valence-corrected chi connectivity index (χ2v) is 11.3. The summed E-state index contributed by atoms with van der Waals surface area (Å²) in [7, 11) is 3.99. The van der Waals surface area contributed by atoms with Gasteiger partial charge >= 0.3 is 6.01 Å². The van der Waals surface area contributed by atoms with E-state index >= 15 is 4.39 Å². The standard InChI is InChI=1S/C32H38FN5O3/c1-19-16-25-30(29(33)27(19)28-24-11-8-7-10-23(24)12-13-26(28)40)34-32(41-15-9-14-36(5)6)35-31(25)38-18-20(2)37(22(4)39)17-21(38)3/h7-8,10-13,16,20-21,40H,9,14-15,17-18H2,1-6H3/t20-,21+/m1/s1. The van der Waals surface area contributed by atoms with Gasteiger partial charge in [0.25, 0.3) is 0 Å². The molecule has 41 heavy (non-hydrogen) atoms. The highest BCUT2D eigenvalue weighted by Gasteiger charge is 2.33. The molecule has 9 heteroatoms. The minimum Gasteiger partial charge on any atom is -0.507 e. The van der Waals surface area contributed by atoms with E-state index in [0.29, 0.717) is 47.6 Å². The maximum Gasteiger partial charge on any atom is 0.319 e. The molecule has 4 aromatic rings. The second-order valence-electron chi connectivity index (χ2n) is 11.3. The van der Waals surface area contributed by atoms with Gasteiger partial charge < -0.3 is 24.5 Å². The monoisotopic (exact) mass is 559 g/mol. The number of amides is 1. The molecular weight excluding hydrogens is 521 g/mol. The van der Waals surface area contributed by atoms with Gasteiger partial charge in [-0.3, -0.25) is 4.79 Å². The third-order valence-electron chi connectivity index (χ3n) is 7.89. The van der Waals surface area contributed by atoms with E-state index in [1.54, 1.807) is 13.0 Å². The highest BCUT2D eigenvalue weighted by Crippen LogP contribution is 2.43. The van der Waals surface area contributed by atoms with Gasteiger partial charge in [0.2, 0.25) is 5.91 Å². The van der Waals surface area contributed by atoms with E-state index in [0.717, 1.165) is 23.7 Å². The zero-order valence-electron chi connectivity index (χ0n) is 24.6. The van der Waals surface area contributed by atoms with Crippen LogP contribution in [0.4, 0.5) is 10.2 Å². The van der Waals surface area contributed by atoms with Gasteiger partial charge in [-0.05, 0) is 69.8 Å². The normalized spacial score (nSPS) is 17.6. The quantitative estimate of drug-likeness (QED) is 0.305. The number of aromatic nitrogens is 2. The van der Waals surface area contributed by atoms with Crippen LogP contribution in [0, 0.1) is 12.7 Å². The summed E-state index contributed by atoms with van der Waals surface area (Å²) in [5.74, 6) is 0.0811. The molecule has 1 N–H and O–H groups in total. The van der Waals surface area contributed by atoms with Gasteiger partial charge in [0.05, 0.1) is 6.61 Å². The lowest BCUT2D eigenvalue weighted by Crippen LogP contribution is -2.58. The molecule has 8 nitrogen and oxygen atoms in total. The van der Waals surface area contributed by atoms with Crippen LogP contribution in [0.3, 0.4) is 0 Å². The fourth-order valence-electron chi connectivity index (χ4n) is 5.84. The lowest BCUT2D eigenvalue weighted by atomic mass is 9.92. The number of rotatable bonds is 7. The Morgan fingerprint density at radius 1 is 1.07 bits per heavy atom. The zero-order chi connectivity index (χ0) is 29.4. The average molecular weight is 560 g/mol. The number of phenols is 1. The van der Waals surface area contributed by atoms with Crippen molar-refractivity contribution < 1.29 is 19.0 Å². The first-order valence-corrected chi connectivity index (χ1v) is 14.1. The number of aromatic hydroxyl groups is 1. The predicted molar refractivity (Wildman–Crippen MR) is 161 cm³/mol. The first-order valence-electron chi connectivity index (χ1n) is 14.1. The van der Waals surface area contributed by atoms with Crippen LogP contribution in [0.2, 0.25) is 0 Å². The van der Waals surface area contributed by atoms with Crippen LogP contribution >= 0.6 is 0 Å². The van der Waals surface area contributed by atoms with E-state index in [-0.39, 0.29) is 35.3 Å². The molecular formula is C32H38FN5O3. The minimum atomic E-state index is -0.531. The molecule has 2 heterocycles. The SMILES string of the molecule is CC(=O)N1C[C@H](C)N(c2nc(OCCCN(C)C)nc3c(F)c(-c4c(O)ccc5ccccc45)c(C)cc23)C[C@H]1C. The summed E-state index contributed by atoms with van der Waals surface area (Å²) < 4.78 is 22.7. The van der Waals surface area contributed by atoms with Crippen molar-refractivity contribution in [1.82, 2.24) is 19.8 Å². The van der Waals surface area contributed by atoms with Crippen molar-refractivity contribution in [2.45, 2.75) is 46.2 Å². The largest absolute Gasteiger partial charge is 0.507 e. The third kappa shape index (κ3) is 5.51. The number of phenolic OH excluding ortho intramolecular Hbond substituents is 1. The molecule has 2 atom stereocenters.